The van der Waals surface area contributed by atoms with Crippen molar-refractivity contribution in [1.29, 1.82) is 0 Å². The van der Waals surface area contributed by atoms with Crippen LogP contribution in [0.1, 0.15) is 38.2 Å². The largest absolute Gasteiger partial charge is 0.289 e. The maximum atomic E-state index is 12.7. The van der Waals surface area contributed by atoms with Gasteiger partial charge in [-0.2, -0.15) is 0 Å². The molecule has 2 heteroatoms. The number of rotatable bonds is 2. The number of hydrogen-bond donors (Lipinski definition) is 0. The molecule has 2 aromatic carbocycles. The summed E-state index contributed by atoms with van der Waals surface area (Å²) in [6, 6.07) is 9.52. The van der Waals surface area contributed by atoms with E-state index in [-0.39, 0.29) is 5.78 Å². The minimum atomic E-state index is 0.0509. The van der Waals surface area contributed by atoms with Crippen LogP contribution in [0.4, 0.5) is 0 Å². The molecule has 0 aromatic heterocycles. The van der Waals surface area contributed by atoms with Gasteiger partial charge < -0.3 is 0 Å². The summed E-state index contributed by atoms with van der Waals surface area (Å²) in [6.07, 6.45) is 0. The van der Waals surface area contributed by atoms with Crippen molar-refractivity contribution in [2.75, 3.05) is 0 Å². The van der Waals surface area contributed by atoms with Crippen molar-refractivity contribution >= 4 is 17.4 Å². The zero-order chi connectivity index (χ0) is 14.2. The molecule has 0 saturated heterocycles. The van der Waals surface area contributed by atoms with Crippen molar-refractivity contribution in [1.82, 2.24) is 0 Å². The number of benzene rings is 2. The van der Waals surface area contributed by atoms with E-state index in [9.17, 15) is 4.79 Å². The smallest absolute Gasteiger partial charge is 0.193 e. The molecule has 0 N–H and O–H groups in total. The average Bonchev–Trinajstić information content (AvgIpc) is 2.30. The van der Waals surface area contributed by atoms with Gasteiger partial charge in [-0.25, -0.2) is 0 Å². The third kappa shape index (κ3) is 2.71. The molecule has 19 heavy (non-hydrogen) atoms. The van der Waals surface area contributed by atoms with Crippen LogP contribution in [0.3, 0.4) is 0 Å². The normalized spacial score (nSPS) is 10.6. The quantitative estimate of drug-likeness (QED) is 0.718. The standard InChI is InChI=1S/C17H17ClO/c1-10-7-12(3)16(13(4)8-10)17(19)15-9-14(18)6-5-11(15)2/h5-9H,1-4H3. The zero-order valence-electron chi connectivity index (χ0n) is 11.7. The highest BCUT2D eigenvalue weighted by Gasteiger charge is 2.17. The van der Waals surface area contributed by atoms with Crippen LogP contribution in [-0.4, -0.2) is 5.78 Å². The lowest BCUT2D eigenvalue weighted by molar-refractivity contribution is 0.103. The zero-order valence-corrected chi connectivity index (χ0v) is 12.4. The fourth-order valence-corrected chi connectivity index (χ4v) is 2.68. The van der Waals surface area contributed by atoms with Gasteiger partial charge in [-0.1, -0.05) is 35.4 Å². The highest BCUT2D eigenvalue weighted by molar-refractivity contribution is 6.31. The average molecular weight is 273 g/mol. The third-order valence-electron chi connectivity index (χ3n) is 3.35. The molecular weight excluding hydrogens is 256 g/mol. The van der Waals surface area contributed by atoms with Gasteiger partial charge in [-0.3, -0.25) is 4.79 Å². The third-order valence-corrected chi connectivity index (χ3v) is 3.58. The van der Waals surface area contributed by atoms with E-state index >= 15 is 0 Å². The molecule has 0 amide bonds. The summed E-state index contributed by atoms with van der Waals surface area (Å²) in [4.78, 5) is 12.7. The number of carbonyl (C=O) groups excluding carboxylic acids is 1. The Balaban J connectivity index is 2.59. The Bertz CT molecular complexity index is 633. The first-order valence-electron chi connectivity index (χ1n) is 6.29. The van der Waals surface area contributed by atoms with E-state index in [2.05, 4.69) is 0 Å². The second-order valence-electron chi connectivity index (χ2n) is 5.06. The number of halogens is 1. The van der Waals surface area contributed by atoms with Gasteiger partial charge in [0.05, 0.1) is 0 Å². The summed E-state index contributed by atoms with van der Waals surface area (Å²) in [5.41, 5.74) is 5.63. The fraction of sp³-hybridized carbons (Fsp3) is 0.235. The number of carbonyl (C=O) groups is 1. The van der Waals surface area contributed by atoms with Gasteiger partial charge in [0.2, 0.25) is 0 Å². The van der Waals surface area contributed by atoms with E-state index in [0.29, 0.717) is 10.6 Å². The van der Waals surface area contributed by atoms with Crippen molar-refractivity contribution < 1.29 is 4.79 Å². The highest BCUT2D eigenvalue weighted by atomic mass is 35.5. The summed E-state index contributed by atoms with van der Waals surface area (Å²) in [5.74, 6) is 0.0509. The maximum Gasteiger partial charge on any atom is 0.193 e. The number of ketones is 1. The molecule has 2 rings (SSSR count). The van der Waals surface area contributed by atoms with Gasteiger partial charge in [-0.05, 0) is 56.5 Å². The summed E-state index contributed by atoms with van der Waals surface area (Å²) in [6.45, 7) is 7.93. The minimum Gasteiger partial charge on any atom is -0.289 e. The summed E-state index contributed by atoms with van der Waals surface area (Å²) in [7, 11) is 0. The number of aryl methyl sites for hydroxylation is 4. The highest BCUT2D eigenvalue weighted by Crippen LogP contribution is 2.23. The van der Waals surface area contributed by atoms with Crippen molar-refractivity contribution in [3.63, 3.8) is 0 Å². The van der Waals surface area contributed by atoms with Crippen molar-refractivity contribution in [3.05, 3.63) is 68.7 Å². The van der Waals surface area contributed by atoms with Gasteiger partial charge in [0.25, 0.3) is 0 Å². The lowest BCUT2D eigenvalue weighted by atomic mass is 9.91. The molecule has 0 aliphatic carbocycles. The van der Waals surface area contributed by atoms with Crippen LogP contribution in [0, 0.1) is 27.7 Å². The molecule has 0 radical (unpaired) electrons. The Morgan fingerprint density at radius 2 is 1.47 bits per heavy atom. The van der Waals surface area contributed by atoms with Gasteiger partial charge in [0, 0.05) is 16.1 Å². The van der Waals surface area contributed by atoms with E-state index < -0.39 is 0 Å². The molecule has 98 valence electrons. The molecule has 1 nitrogen and oxygen atoms in total. The fourth-order valence-electron chi connectivity index (χ4n) is 2.51. The van der Waals surface area contributed by atoms with E-state index in [1.54, 1.807) is 6.07 Å². The van der Waals surface area contributed by atoms with Gasteiger partial charge in [-0.15, -0.1) is 0 Å². The monoisotopic (exact) mass is 272 g/mol. The molecule has 0 atom stereocenters. The van der Waals surface area contributed by atoms with Crippen LogP contribution in [0.2, 0.25) is 5.02 Å². The van der Waals surface area contributed by atoms with Crippen LogP contribution in [-0.2, 0) is 0 Å². The van der Waals surface area contributed by atoms with Crippen LogP contribution >= 0.6 is 11.6 Å². The minimum absolute atomic E-state index is 0.0509. The summed E-state index contributed by atoms with van der Waals surface area (Å²) in [5, 5.41) is 0.594. The van der Waals surface area contributed by atoms with Crippen molar-refractivity contribution in [2.24, 2.45) is 0 Å². The Hall–Kier alpha value is -1.60. The molecule has 0 spiro atoms. The van der Waals surface area contributed by atoms with Gasteiger partial charge in [0.1, 0.15) is 0 Å². The SMILES string of the molecule is Cc1cc(C)c(C(=O)c2cc(Cl)ccc2C)c(C)c1. The first-order chi connectivity index (χ1) is 8.90. The molecule has 0 aliphatic heterocycles. The van der Waals surface area contributed by atoms with Gasteiger partial charge in [0.15, 0.2) is 5.78 Å². The molecule has 0 aliphatic rings. The maximum absolute atomic E-state index is 12.7. The predicted molar refractivity (Wildman–Crippen MR) is 80.3 cm³/mol. The summed E-state index contributed by atoms with van der Waals surface area (Å²) < 4.78 is 0. The van der Waals surface area contributed by atoms with Gasteiger partial charge >= 0.3 is 0 Å². The molecule has 0 heterocycles. The summed E-state index contributed by atoms with van der Waals surface area (Å²) >= 11 is 6.00. The van der Waals surface area contributed by atoms with E-state index in [1.165, 1.54) is 5.56 Å². The number of hydrogen-bond acceptors (Lipinski definition) is 1. The Kier molecular flexibility index (Phi) is 3.77. The van der Waals surface area contributed by atoms with Crippen molar-refractivity contribution in [3.8, 4) is 0 Å². The lowest BCUT2D eigenvalue weighted by Crippen LogP contribution is -2.08. The van der Waals surface area contributed by atoms with E-state index in [4.69, 9.17) is 11.6 Å². The topological polar surface area (TPSA) is 17.1 Å². The second-order valence-corrected chi connectivity index (χ2v) is 5.50. The van der Waals surface area contributed by atoms with Crippen LogP contribution in [0.5, 0.6) is 0 Å². The van der Waals surface area contributed by atoms with Crippen LogP contribution in [0.25, 0.3) is 0 Å². The first-order valence-corrected chi connectivity index (χ1v) is 6.66. The lowest BCUT2D eigenvalue weighted by Gasteiger charge is -2.12. The van der Waals surface area contributed by atoms with Crippen LogP contribution in [0.15, 0.2) is 30.3 Å². The molecule has 0 unspecified atom stereocenters. The molecular formula is C17H17ClO. The van der Waals surface area contributed by atoms with E-state index in [1.807, 2.05) is 52.0 Å². The molecule has 0 fully saturated rings. The van der Waals surface area contributed by atoms with Crippen LogP contribution < -0.4 is 0 Å². The van der Waals surface area contributed by atoms with E-state index in [0.717, 1.165) is 22.3 Å². The van der Waals surface area contributed by atoms with Crippen molar-refractivity contribution in [2.45, 2.75) is 27.7 Å². The molecule has 0 bridgehead atoms. The Labute approximate surface area is 119 Å². The predicted octanol–water partition coefficient (Wildman–Crippen LogP) is 4.80. The second kappa shape index (κ2) is 5.18. The molecule has 0 saturated carbocycles. The Morgan fingerprint density at radius 3 is 2.05 bits per heavy atom. The Morgan fingerprint density at radius 1 is 0.895 bits per heavy atom. The molecule has 2 aromatic rings. The first kappa shape index (κ1) is 13.8.